The molecule has 3 aromatic rings. The van der Waals surface area contributed by atoms with Crippen molar-refractivity contribution in [3.8, 4) is 0 Å². The first-order chi connectivity index (χ1) is 11.6. The van der Waals surface area contributed by atoms with Crippen molar-refractivity contribution in [1.29, 1.82) is 0 Å². The van der Waals surface area contributed by atoms with Gasteiger partial charge in [-0.2, -0.15) is 0 Å². The summed E-state index contributed by atoms with van der Waals surface area (Å²) < 4.78 is 5.63. The van der Waals surface area contributed by atoms with Gasteiger partial charge in [-0.25, -0.2) is 0 Å². The Morgan fingerprint density at radius 1 is 0.667 bits per heavy atom. The Labute approximate surface area is 157 Å². The van der Waals surface area contributed by atoms with Crippen LogP contribution in [-0.4, -0.2) is 17.0 Å². The van der Waals surface area contributed by atoms with Crippen LogP contribution in [0.2, 0.25) is 5.02 Å². The first-order valence-corrected chi connectivity index (χ1v) is 13.8. The van der Waals surface area contributed by atoms with E-state index in [1.54, 1.807) is 12.1 Å². The summed E-state index contributed by atoms with van der Waals surface area (Å²) in [6, 6.07) is 27.1. The van der Waals surface area contributed by atoms with Gasteiger partial charge < -0.3 is 0 Å². The molecule has 0 saturated carbocycles. The van der Waals surface area contributed by atoms with Crippen LogP contribution in [0.1, 0.15) is 11.1 Å². The maximum absolute atomic E-state index is 6.70. The third-order valence-corrected chi connectivity index (χ3v) is 8.84. The van der Waals surface area contributed by atoms with Gasteiger partial charge in [-0.3, -0.25) is 0 Å². The zero-order valence-corrected chi connectivity index (χ0v) is 16.6. The van der Waals surface area contributed by atoms with E-state index in [0.29, 0.717) is 5.02 Å². The molecule has 0 amide bonds. The normalized spacial score (nSPS) is 11.8. The molecule has 0 heterocycles. The quantitative estimate of drug-likeness (QED) is 0.374. The van der Waals surface area contributed by atoms with E-state index in [0.717, 1.165) is 21.3 Å². The van der Waals surface area contributed by atoms with Crippen LogP contribution in [0.25, 0.3) is 0 Å². The number of hydrogen-bond donors (Lipinski definition) is 0. The molecule has 0 unspecified atom stereocenters. The van der Waals surface area contributed by atoms with Gasteiger partial charge in [-0.1, -0.05) is 0 Å². The predicted octanol–water partition coefficient (Wildman–Crippen LogP) is 5.50. The number of halogens is 3. The number of rotatable bonds is 4. The SMILES string of the molecule is Clc1ccc([Se](Cl)(Cl)N=C(c2ccccc2)c2ccccc2)cc1. The molecule has 0 radical (unpaired) electrons. The van der Waals surface area contributed by atoms with Crippen LogP contribution in [0.4, 0.5) is 0 Å². The van der Waals surface area contributed by atoms with Crippen LogP contribution < -0.4 is 4.46 Å². The molecule has 122 valence electrons. The second kappa shape index (κ2) is 7.74. The summed E-state index contributed by atoms with van der Waals surface area (Å²) in [5, 5.41) is 0.648. The van der Waals surface area contributed by atoms with Crippen molar-refractivity contribution >= 4 is 53.2 Å². The molecule has 0 N–H and O–H groups in total. The number of benzene rings is 3. The van der Waals surface area contributed by atoms with E-state index in [4.69, 9.17) is 35.8 Å². The van der Waals surface area contributed by atoms with Gasteiger partial charge in [0.05, 0.1) is 0 Å². The summed E-state index contributed by atoms with van der Waals surface area (Å²) in [6.07, 6.45) is 0. The average Bonchev–Trinajstić information content (AvgIpc) is 2.62. The number of hydrogen-bond acceptors (Lipinski definition) is 1. The van der Waals surface area contributed by atoms with Crippen molar-refractivity contribution in [1.82, 2.24) is 0 Å². The first-order valence-electron chi connectivity index (χ1n) is 7.25. The molecule has 3 aromatic carbocycles. The van der Waals surface area contributed by atoms with Crippen molar-refractivity contribution in [2.24, 2.45) is 4.01 Å². The molecule has 0 bridgehead atoms. The van der Waals surface area contributed by atoms with E-state index in [2.05, 4.69) is 0 Å². The monoisotopic (exact) mass is 441 g/mol. The molecule has 0 aliphatic heterocycles. The van der Waals surface area contributed by atoms with E-state index in [-0.39, 0.29) is 0 Å². The first kappa shape index (κ1) is 17.5. The third kappa shape index (κ3) is 4.22. The molecular weight excluding hydrogens is 428 g/mol. The molecule has 0 saturated heterocycles. The maximum atomic E-state index is 6.70. The fourth-order valence-corrected chi connectivity index (χ4v) is 6.26. The van der Waals surface area contributed by atoms with E-state index in [9.17, 15) is 0 Å². The average molecular weight is 442 g/mol. The summed E-state index contributed by atoms with van der Waals surface area (Å²) in [5.74, 6) is 0. The molecule has 0 spiro atoms. The van der Waals surface area contributed by atoms with Crippen molar-refractivity contribution in [2.75, 3.05) is 0 Å². The van der Waals surface area contributed by atoms with Gasteiger partial charge in [-0.05, 0) is 0 Å². The Kier molecular flexibility index (Phi) is 5.65. The molecule has 5 heteroatoms. The standard InChI is InChI=1S/C19H14Cl3NSe/c20-17-11-13-18(14-12-17)24(21,22)23-19(15-7-3-1-4-8-15)16-9-5-2-6-10-16/h1-14H. The van der Waals surface area contributed by atoms with Crippen molar-refractivity contribution in [2.45, 2.75) is 0 Å². The van der Waals surface area contributed by atoms with Crippen molar-refractivity contribution in [3.05, 3.63) is 101 Å². The van der Waals surface area contributed by atoms with Crippen LogP contribution in [-0.2, 0) is 0 Å². The summed E-state index contributed by atoms with van der Waals surface area (Å²) in [5.41, 5.74) is 2.78. The summed E-state index contributed by atoms with van der Waals surface area (Å²) in [7, 11) is 13.4. The van der Waals surface area contributed by atoms with E-state index in [1.165, 1.54) is 0 Å². The Morgan fingerprint density at radius 3 is 1.58 bits per heavy atom. The molecule has 24 heavy (non-hydrogen) atoms. The van der Waals surface area contributed by atoms with Crippen molar-refractivity contribution in [3.63, 3.8) is 0 Å². The van der Waals surface area contributed by atoms with Gasteiger partial charge in [0.2, 0.25) is 0 Å². The predicted molar refractivity (Wildman–Crippen MR) is 107 cm³/mol. The van der Waals surface area contributed by atoms with Gasteiger partial charge in [0.15, 0.2) is 0 Å². The fraction of sp³-hybridized carbons (Fsp3) is 0. The van der Waals surface area contributed by atoms with Crippen LogP contribution in [0.5, 0.6) is 0 Å². The Bertz CT molecular complexity index is 790. The fourth-order valence-electron chi connectivity index (χ4n) is 2.23. The topological polar surface area (TPSA) is 12.4 Å². The molecule has 0 aromatic heterocycles. The van der Waals surface area contributed by atoms with Crippen molar-refractivity contribution < 1.29 is 0 Å². The molecule has 0 aliphatic carbocycles. The molecule has 0 aliphatic rings. The van der Waals surface area contributed by atoms with Gasteiger partial charge in [-0.15, -0.1) is 0 Å². The van der Waals surface area contributed by atoms with Crippen LogP contribution in [0.3, 0.4) is 0 Å². The third-order valence-electron chi connectivity index (χ3n) is 3.40. The second-order valence-electron chi connectivity index (χ2n) is 5.07. The minimum atomic E-state index is -3.26. The zero-order valence-electron chi connectivity index (χ0n) is 12.6. The van der Waals surface area contributed by atoms with Crippen LogP contribution >= 0.6 is 31.8 Å². The van der Waals surface area contributed by atoms with E-state index < -0.39 is 11.2 Å². The Balaban J connectivity index is 2.11. The summed E-state index contributed by atoms with van der Waals surface area (Å²) in [6.45, 7) is 0. The summed E-state index contributed by atoms with van der Waals surface area (Å²) in [4.78, 5) is 0. The van der Waals surface area contributed by atoms with Crippen LogP contribution in [0.15, 0.2) is 88.9 Å². The number of nitrogens with zero attached hydrogens (tertiary/aromatic N) is 1. The Morgan fingerprint density at radius 2 is 1.12 bits per heavy atom. The van der Waals surface area contributed by atoms with Crippen LogP contribution in [0, 0.1) is 0 Å². The minimum absolute atomic E-state index is 0.648. The molecule has 0 fully saturated rings. The molecule has 0 atom stereocenters. The van der Waals surface area contributed by atoms with E-state index >= 15 is 0 Å². The zero-order chi connectivity index (χ0) is 17.0. The molecule has 3 rings (SSSR count). The second-order valence-corrected chi connectivity index (χ2v) is 14.2. The Hall–Kier alpha value is -1.28. The van der Waals surface area contributed by atoms with E-state index in [1.807, 2.05) is 72.8 Å². The van der Waals surface area contributed by atoms with Gasteiger partial charge >= 0.3 is 158 Å². The van der Waals surface area contributed by atoms with Gasteiger partial charge in [0.25, 0.3) is 0 Å². The van der Waals surface area contributed by atoms with Gasteiger partial charge in [0.1, 0.15) is 0 Å². The molecular formula is C19H14Cl3NSe. The summed E-state index contributed by atoms with van der Waals surface area (Å²) >= 11 is 2.69. The van der Waals surface area contributed by atoms with Gasteiger partial charge in [0, 0.05) is 0 Å². The molecule has 1 nitrogen and oxygen atoms in total.